The van der Waals surface area contributed by atoms with Crippen LogP contribution >= 0.6 is 11.3 Å². The molecule has 1 N–H and O–H groups in total. The molecule has 0 fully saturated rings. The summed E-state index contributed by atoms with van der Waals surface area (Å²) < 4.78 is 47.1. The molecule has 0 aliphatic heterocycles. The van der Waals surface area contributed by atoms with Crippen LogP contribution in [0.25, 0.3) is 0 Å². The zero-order chi connectivity index (χ0) is 17.3. The third-order valence-corrected chi connectivity index (χ3v) is 6.55. The highest BCUT2D eigenvalue weighted by Gasteiger charge is 2.18. The van der Waals surface area contributed by atoms with Gasteiger partial charge in [-0.2, -0.15) is 0 Å². The Morgan fingerprint density at radius 1 is 1.13 bits per heavy atom. The third-order valence-electron chi connectivity index (χ3n) is 3.16. The fourth-order valence-corrected chi connectivity index (χ4v) is 4.35. The minimum absolute atomic E-state index is 0.0222. The van der Waals surface area contributed by atoms with E-state index in [2.05, 4.69) is 10.3 Å². The Kier molecular flexibility index (Phi) is 5.12. The van der Waals surface area contributed by atoms with Crippen LogP contribution < -0.4 is 5.32 Å². The predicted octanol–water partition coefficient (Wildman–Crippen LogP) is 2.12. The number of aryl methyl sites for hydroxylation is 1. The van der Waals surface area contributed by atoms with E-state index in [1.165, 1.54) is 18.2 Å². The van der Waals surface area contributed by atoms with E-state index in [4.69, 9.17) is 0 Å². The molecule has 1 aromatic carbocycles. The Bertz CT molecular complexity index is 915. The van der Waals surface area contributed by atoms with Crippen molar-refractivity contribution in [3.63, 3.8) is 0 Å². The average molecular weight is 375 g/mol. The lowest BCUT2D eigenvalue weighted by Gasteiger charge is -2.11. The van der Waals surface area contributed by atoms with E-state index in [0.29, 0.717) is 12.2 Å². The summed E-state index contributed by atoms with van der Waals surface area (Å²) in [5, 5.41) is 3.87. The summed E-state index contributed by atoms with van der Waals surface area (Å²) in [6, 6.07) is 4.05. The Labute approximate surface area is 140 Å². The summed E-state index contributed by atoms with van der Waals surface area (Å²) in [5.74, 6) is 0. The molecule has 0 spiro atoms. The quantitative estimate of drug-likeness (QED) is 0.832. The number of aromatic nitrogens is 1. The highest BCUT2D eigenvalue weighted by atomic mass is 32.2. The summed E-state index contributed by atoms with van der Waals surface area (Å²) in [6.45, 7) is 2.42. The molecule has 0 saturated heterocycles. The molecule has 0 aliphatic rings. The number of nitrogens with zero attached hydrogens (tertiary/aromatic N) is 1. The molecule has 0 unspecified atom stereocenters. The van der Waals surface area contributed by atoms with Crippen molar-refractivity contribution in [2.45, 2.75) is 29.7 Å². The van der Waals surface area contributed by atoms with E-state index < -0.39 is 19.7 Å². The number of anilines is 1. The molecule has 9 heteroatoms. The molecule has 23 heavy (non-hydrogen) atoms. The van der Waals surface area contributed by atoms with Gasteiger partial charge in [0.15, 0.2) is 19.7 Å². The Hall–Kier alpha value is -1.45. The van der Waals surface area contributed by atoms with Crippen molar-refractivity contribution >= 4 is 36.7 Å². The second-order valence-corrected chi connectivity index (χ2v) is 10.3. The Morgan fingerprint density at radius 2 is 1.83 bits per heavy atom. The molecule has 0 aliphatic carbocycles. The highest BCUT2D eigenvalue weighted by molar-refractivity contribution is 7.91. The molecule has 6 nitrogen and oxygen atoms in total. The molecule has 2 aromatic rings. The van der Waals surface area contributed by atoms with Crippen molar-refractivity contribution < 1.29 is 16.8 Å². The van der Waals surface area contributed by atoms with Crippen molar-refractivity contribution in [3.8, 4) is 0 Å². The van der Waals surface area contributed by atoms with Gasteiger partial charge in [0.2, 0.25) is 0 Å². The Balaban J connectivity index is 2.34. The summed E-state index contributed by atoms with van der Waals surface area (Å²) >= 11 is 1.55. The zero-order valence-corrected chi connectivity index (χ0v) is 15.5. The summed E-state index contributed by atoms with van der Waals surface area (Å²) in [7, 11) is -7.04. The minimum Gasteiger partial charge on any atom is -0.377 e. The first-order chi connectivity index (χ1) is 10.6. The number of benzene rings is 1. The molecule has 0 radical (unpaired) electrons. The van der Waals surface area contributed by atoms with Crippen LogP contribution in [0.3, 0.4) is 0 Å². The van der Waals surface area contributed by atoms with Crippen molar-refractivity contribution in [2.75, 3.05) is 17.8 Å². The van der Waals surface area contributed by atoms with E-state index in [9.17, 15) is 16.8 Å². The van der Waals surface area contributed by atoms with Gasteiger partial charge in [0.1, 0.15) is 5.01 Å². The summed E-state index contributed by atoms with van der Waals surface area (Å²) in [4.78, 5) is 5.36. The number of hydrogen-bond acceptors (Lipinski definition) is 7. The van der Waals surface area contributed by atoms with E-state index in [-0.39, 0.29) is 9.79 Å². The Morgan fingerprint density at radius 3 is 2.35 bits per heavy atom. The number of sulfone groups is 2. The topological polar surface area (TPSA) is 93.2 Å². The van der Waals surface area contributed by atoms with Crippen LogP contribution in [0, 0.1) is 0 Å². The smallest absolute Gasteiger partial charge is 0.177 e. The van der Waals surface area contributed by atoms with Crippen molar-refractivity contribution in [1.82, 2.24) is 4.98 Å². The van der Waals surface area contributed by atoms with Crippen LogP contribution in [0.15, 0.2) is 34.2 Å². The monoisotopic (exact) mass is 374 g/mol. The van der Waals surface area contributed by atoms with Gasteiger partial charge in [-0.1, -0.05) is 6.92 Å². The average Bonchev–Trinajstić information content (AvgIpc) is 2.91. The molecule has 2 rings (SSSR count). The normalized spacial score (nSPS) is 12.3. The van der Waals surface area contributed by atoms with E-state index in [0.717, 1.165) is 28.8 Å². The van der Waals surface area contributed by atoms with Gasteiger partial charge >= 0.3 is 0 Å². The van der Waals surface area contributed by atoms with Crippen molar-refractivity contribution in [3.05, 3.63) is 34.3 Å². The van der Waals surface area contributed by atoms with Gasteiger partial charge in [-0.25, -0.2) is 21.8 Å². The fourth-order valence-electron chi connectivity index (χ4n) is 1.95. The largest absolute Gasteiger partial charge is 0.377 e. The number of rotatable bonds is 6. The number of nitrogens with one attached hydrogen (secondary N) is 1. The van der Waals surface area contributed by atoms with E-state index in [1.807, 2.05) is 6.92 Å². The lowest BCUT2D eigenvalue weighted by atomic mass is 10.3. The molecule has 0 bridgehead atoms. The number of hydrogen-bond donors (Lipinski definition) is 1. The van der Waals surface area contributed by atoms with E-state index >= 15 is 0 Å². The molecule has 1 heterocycles. The van der Waals surface area contributed by atoms with Gasteiger partial charge < -0.3 is 5.32 Å². The molecule has 0 amide bonds. The molecule has 126 valence electrons. The van der Waals surface area contributed by atoms with Crippen LogP contribution in [0.1, 0.15) is 16.8 Å². The minimum atomic E-state index is -3.56. The van der Waals surface area contributed by atoms with Gasteiger partial charge in [-0.3, -0.25) is 0 Å². The molecule has 1 aromatic heterocycles. The van der Waals surface area contributed by atoms with E-state index in [1.54, 1.807) is 17.5 Å². The standard InChI is InChI=1S/C14H18N2O4S3/c1-4-10-8-16-14(21-10)9-15-12-6-5-11(22(2,17)18)7-13(12)23(3,19)20/h5-8,15H,4,9H2,1-3H3. The first-order valence-corrected chi connectivity index (χ1v) is 11.4. The summed E-state index contributed by atoms with van der Waals surface area (Å²) in [6.07, 6.45) is 4.79. The lowest BCUT2D eigenvalue weighted by Crippen LogP contribution is -2.08. The number of thiazole rings is 1. The predicted molar refractivity (Wildman–Crippen MR) is 91.5 cm³/mol. The van der Waals surface area contributed by atoms with Gasteiger partial charge in [0, 0.05) is 23.6 Å². The molecular formula is C14H18N2O4S3. The van der Waals surface area contributed by atoms with Crippen LogP contribution in [-0.4, -0.2) is 34.3 Å². The van der Waals surface area contributed by atoms with Crippen LogP contribution in [0.2, 0.25) is 0 Å². The summed E-state index contributed by atoms with van der Waals surface area (Å²) in [5.41, 5.74) is 0.369. The van der Waals surface area contributed by atoms with Gasteiger partial charge in [0.25, 0.3) is 0 Å². The maximum absolute atomic E-state index is 11.9. The highest BCUT2D eigenvalue weighted by Crippen LogP contribution is 2.26. The van der Waals surface area contributed by atoms with Crippen molar-refractivity contribution in [2.24, 2.45) is 0 Å². The van der Waals surface area contributed by atoms with Crippen LogP contribution in [-0.2, 0) is 32.6 Å². The molecule has 0 saturated carbocycles. The molecule has 0 atom stereocenters. The molecular weight excluding hydrogens is 356 g/mol. The SMILES string of the molecule is CCc1cnc(CNc2ccc(S(C)(=O)=O)cc2S(C)(=O)=O)s1. The van der Waals surface area contributed by atoms with Gasteiger partial charge in [-0.15, -0.1) is 11.3 Å². The lowest BCUT2D eigenvalue weighted by molar-refractivity contribution is 0.600. The maximum atomic E-state index is 11.9. The van der Waals surface area contributed by atoms with Crippen LogP contribution in [0.5, 0.6) is 0 Å². The van der Waals surface area contributed by atoms with Gasteiger partial charge in [-0.05, 0) is 24.6 Å². The third kappa shape index (κ3) is 4.52. The van der Waals surface area contributed by atoms with Crippen LogP contribution in [0.4, 0.5) is 5.69 Å². The maximum Gasteiger partial charge on any atom is 0.177 e. The first-order valence-electron chi connectivity index (χ1n) is 6.83. The second-order valence-electron chi connectivity index (χ2n) is 5.13. The fraction of sp³-hybridized carbons (Fsp3) is 0.357. The van der Waals surface area contributed by atoms with Crippen molar-refractivity contribution in [1.29, 1.82) is 0 Å². The first kappa shape index (κ1) is 17.9. The second kappa shape index (κ2) is 6.58. The van der Waals surface area contributed by atoms with Gasteiger partial charge in [0.05, 0.1) is 22.0 Å². The zero-order valence-electron chi connectivity index (χ0n) is 13.0.